The van der Waals surface area contributed by atoms with E-state index in [-0.39, 0.29) is 12.5 Å². The van der Waals surface area contributed by atoms with Crippen LogP contribution < -0.4 is 5.32 Å². The Morgan fingerprint density at radius 1 is 1.50 bits per heavy atom. The number of hydrogen-bond donors (Lipinski definition) is 1. The molecule has 0 radical (unpaired) electrons. The van der Waals surface area contributed by atoms with Gasteiger partial charge in [-0.3, -0.25) is 4.68 Å². The van der Waals surface area contributed by atoms with Crippen molar-refractivity contribution in [3.63, 3.8) is 0 Å². The Morgan fingerprint density at radius 3 is 2.50 bits per heavy atom. The predicted molar refractivity (Wildman–Crippen MR) is 55.0 cm³/mol. The summed E-state index contributed by atoms with van der Waals surface area (Å²) in [6.45, 7) is 1.80. The van der Waals surface area contributed by atoms with E-state index in [1.54, 1.807) is 31.9 Å². The lowest BCUT2D eigenvalue weighted by atomic mass is 10.0. The number of alkyl halides is 3. The summed E-state index contributed by atoms with van der Waals surface area (Å²) in [5.41, 5.74) is 1.60. The molecule has 6 heteroatoms. The first-order valence-corrected chi connectivity index (χ1v) is 5.07. The van der Waals surface area contributed by atoms with Crippen molar-refractivity contribution >= 4 is 0 Å². The summed E-state index contributed by atoms with van der Waals surface area (Å²) in [7, 11) is 3.42. The lowest BCUT2D eigenvalue weighted by molar-refractivity contribution is -0.136. The molecule has 0 saturated carbocycles. The molecular formula is C10H16F3N3. The van der Waals surface area contributed by atoms with Gasteiger partial charge in [0.2, 0.25) is 0 Å². The van der Waals surface area contributed by atoms with Crippen LogP contribution in [0.4, 0.5) is 13.2 Å². The summed E-state index contributed by atoms with van der Waals surface area (Å²) in [4.78, 5) is 0. The minimum Gasteiger partial charge on any atom is -0.313 e. The van der Waals surface area contributed by atoms with E-state index in [2.05, 4.69) is 10.4 Å². The summed E-state index contributed by atoms with van der Waals surface area (Å²) in [5, 5.41) is 7.01. The second kappa shape index (κ2) is 4.86. The molecule has 0 saturated heterocycles. The maximum Gasteiger partial charge on any atom is 0.389 e. The van der Waals surface area contributed by atoms with Gasteiger partial charge in [-0.1, -0.05) is 0 Å². The highest BCUT2D eigenvalue weighted by atomic mass is 19.4. The number of rotatable bonds is 4. The van der Waals surface area contributed by atoms with Gasteiger partial charge in [0.15, 0.2) is 0 Å². The van der Waals surface area contributed by atoms with E-state index in [4.69, 9.17) is 0 Å². The average Bonchev–Trinajstić information content (AvgIpc) is 2.45. The molecule has 0 bridgehead atoms. The summed E-state index contributed by atoms with van der Waals surface area (Å²) < 4.78 is 38.0. The molecule has 0 amide bonds. The summed E-state index contributed by atoms with van der Waals surface area (Å²) in [5.74, 6) is 0. The van der Waals surface area contributed by atoms with Crippen molar-refractivity contribution in [1.82, 2.24) is 15.1 Å². The number of aryl methyl sites for hydroxylation is 2. The first-order valence-electron chi connectivity index (χ1n) is 5.07. The Balaban J connectivity index is 2.71. The molecule has 0 aliphatic carbocycles. The van der Waals surface area contributed by atoms with E-state index in [9.17, 15) is 13.2 Å². The second-order valence-electron chi connectivity index (χ2n) is 3.84. The third kappa shape index (κ3) is 3.52. The second-order valence-corrected chi connectivity index (χ2v) is 3.84. The van der Waals surface area contributed by atoms with Gasteiger partial charge in [-0.2, -0.15) is 18.3 Å². The molecule has 1 aromatic rings. The zero-order chi connectivity index (χ0) is 12.3. The largest absolute Gasteiger partial charge is 0.389 e. The van der Waals surface area contributed by atoms with Gasteiger partial charge in [0, 0.05) is 31.3 Å². The Bertz CT molecular complexity index is 344. The average molecular weight is 235 g/mol. The van der Waals surface area contributed by atoms with Crippen LogP contribution in [0, 0.1) is 6.92 Å². The molecule has 16 heavy (non-hydrogen) atoms. The van der Waals surface area contributed by atoms with Gasteiger partial charge in [-0.15, -0.1) is 0 Å². The number of nitrogens with one attached hydrogen (secondary N) is 1. The molecule has 1 unspecified atom stereocenters. The Labute approximate surface area is 92.6 Å². The highest BCUT2D eigenvalue weighted by molar-refractivity contribution is 5.19. The van der Waals surface area contributed by atoms with E-state index < -0.39 is 12.6 Å². The minimum atomic E-state index is -4.11. The molecule has 0 spiro atoms. The molecule has 1 N–H and O–H groups in total. The topological polar surface area (TPSA) is 29.9 Å². The maximum absolute atomic E-state index is 12.1. The first kappa shape index (κ1) is 13.0. The molecular weight excluding hydrogens is 219 g/mol. The summed E-state index contributed by atoms with van der Waals surface area (Å²) in [6.07, 6.45) is -3.10. The third-order valence-corrected chi connectivity index (χ3v) is 2.49. The molecule has 92 valence electrons. The first-order chi connectivity index (χ1) is 7.33. The quantitative estimate of drug-likeness (QED) is 0.868. The summed E-state index contributed by atoms with van der Waals surface area (Å²) in [6, 6.07) is -0.296. The van der Waals surface area contributed by atoms with Crippen LogP contribution in [0.3, 0.4) is 0 Å². The molecule has 1 atom stereocenters. The van der Waals surface area contributed by atoms with E-state index in [0.717, 1.165) is 11.3 Å². The fraction of sp³-hybridized carbons (Fsp3) is 0.700. The summed E-state index contributed by atoms with van der Waals surface area (Å²) >= 11 is 0. The van der Waals surface area contributed by atoms with Crippen molar-refractivity contribution < 1.29 is 13.2 Å². The molecule has 0 aliphatic rings. The van der Waals surface area contributed by atoms with Gasteiger partial charge in [0.05, 0.1) is 5.69 Å². The van der Waals surface area contributed by atoms with Crippen LogP contribution in [0.2, 0.25) is 0 Å². The van der Waals surface area contributed by atoms with E-state index in [1.807, 2.05) is 0 Å². The van der Waals surface area contributed by atoms with E-state index in [0.29, 0.717) is 0 Å². The van der Waals surface area contributed by atoms with Gasteiger partial charge in [-0.05, 0) is 20.4 Å². The van der Waals surface area contributed by atoms with Gasteiger partial charge in [0.25, 0.3) is 0 Å². The van der Waals surface area contributed by atoms with Crippen LogP contribution in [0.15, 0.2) is 6.20 Å². The maximum atomic E-state index is 12.1. The van der Waals surface area contributed by atoms with Crippen molar-refractivity contribution in [3.8, 4) is 0 Å². The van der Waals surface area contributed by atoms with Gasteiger partial charge in [0.1, 0.15) is 0 Å². The normalized spacial score (nSPS) is 14.1. The van der Waals surface area contributed by atoms with Crippen molar-refractivity contribution in [2.45, 2.75) is 32.0 Å². The van der Waals surface area contributed by atoms with Crippen molar-refractivity contribution in [3.05, 3.63) is 17.5 Å². The lowest BCUT2D eigenvalue weighted by Crippen LogP contribution is -2.20. The van der Waals surface area contributed by atoms with Gasteiger partial charge < -0.3 is 5.32 Å². The van der Waals surface area contributed by atoms with E-state index in [1.165, 1.54) is 0 Å². The smallest absolute Gasteiger partial charge is 0.313 e. The third-order valence-electron chi connectivity index (χ3n) is 2.49. The predicted octanol–water partition coefficient (Wildman–Crippen LogP) is 2.33. The molecule has 0 fully saturated rings. The molecule has 1 heterocycles. The van der Waals surface area contributed by atoms with Crippen LogP contribution in [-0.2, 0) is 7.05 Å². The van der Waals surface area contributed by atoms with Gasteiger partial charge >= 0.3 is 6.18 Å². The Hall–Kier alpha value is -1.04. The standard InChI is InChI=1S/C10H16F3N3/c1-7-8(6-16(3)15-7)9(14-2)4-5-10(11,12)13/h6,9,14H,4-5H2,1-3H3. The van der Waals surface area contributed by atoms with Crippen LogP contribution in [-0.4, -0.2) is 23.0 Å². The lowest BCUT2D eigenvalue weighted by Gasteiger charge is -2.16. The number of hydrogen-bond acceptors (Lipinski definition) is 2. The van der Waals surface area contributed by atoms with E-state index >= 15 is 0 Å². The number of aromatic nitrogens is 2. The minimum absolute atomic E-state index is 0.0343. The monoisotopic (exact) mass is 235 g/mol. The highest BCUT2D eigenvalue weighted by Gasteiger charge is 2.29. The SMILES string of the molecule is CNC(CCC(F)(F)F)c1cn(C)nc1C. The highest BCUT2D eigenvalue weighted by Crippen LogP contribution is 2.28. The fourth-order valence-electron chi connectivity index (χ4n) is 1.72. The Kier molecular flexibility index (Phi) is 3.96. The molecule has 0 aromatic carbocycles. The van der Waals surface area contributed by atoms with Gasteiger partial charge in [-0.25, -0.2) is 0 Å². The zero-order valence-corrected chi connectivity index (χ0v) is 9.60. The molecule has 1 rings (SSSR count). The molecule has 3 nitrogen and oxygen atoms in total. The molecule has 0 aliphatic heterocycles. The van der Waals surface area contributed by atoms with Crippen LogP contribution in [0.25, 0.3) is 0 Å². The number of nitrogens with zero attached hydrogens (tertiary/aromatic N) is 2. The van der Waals surface area contributed by atoms with Crippen molar-refractivity contribution in [1.29, 1.82) is 0 Å². The van der Waals surface area contributed by atoms with Crippen LogP contribution in [0.1, 0.15) is 30.1 Å². The zero-order valence-electron chi connectivity index (χ0n) is 9.60. The Morgan fingerprint density at radius 2 is 2.12 bits per heavy atom. The van der Waals surface area contributed by atoms with Crippen molar-refractivity contribution in [2.24, 2.45) is 7.05 Å². The van der Waals surface area contributed by atoms with Crippen LogP contribution in [0.5, 0.6) is 0 Å². The van der Waals surface area contributed by atoms with Crippen LogP contribution >= 0.6 is 0 Å². The van der Waals surface area contributed by atoms with Crippen molar-refractivity contribution in [2.75, 3.05) is 7.05 Å². The molecule has 1 aromatic heterocycles. The fourth-order valence-corrected chi connectivity index (χ4v) is 1.72. The number of halogens is 3.